The number of ether oxygens (including phenoxy) is 1. The number of aromatic nitrogens is 2. The first-order valence-electron chi connectivity index (χ1n) is 9.52. The van der Waals surface area contributed by atoms with Gasteiger partial charge in [0.25, 0.3) is 5.91 Å². The molecular formula is C23H19BrN4O2S. The first kappa shape index (κ1) is 21.1. The van der Waals surface area contributed by atoms with Crippen LogP contribution >= 0.6 is 27.7 Å². The minimum Gasteiger partial charge on any atom is -0.489 e. The van der Waals surface area contributed by atoms with Gasteiger partial charge in [0.15, 0.2) is 5.16 Å². The van der Waals surface area contributed by atoms with Crippen molar-refractivity contribution in [3.63, 3.8) is 0 Å². The van der Waals surface area contributed by atoms with E-state index in [1.807, 2.05) is 72.8 Å². The van der Waals surface area contributed by atoms with Crippen LogP contribution in [0.5, 0.6) is 5.75 Å². The summed E-state index contributed by atoms with van der Waals surface area (Å²) in [6.45, 7) is 0.500. The number of amides is 1. The van der Waals surface area contributed by atoms with Crippen molar-refractivity contribution in [2.75, 3.05) is 5.75 Å². The largest absolute Gasteiger partial charge is 0.489 e. The quantitative estimate of drug-likeness (QED) is 0.201. The van der Waals surface area contributed by atoms with E-state index < -0.39 is 0 Å². The Morgan fingerprint density at radius 1 is 1.10 bits per heavy atom. The lowest BCUT2D eigenvalue weighted by atomic mass is 10.2. The number of carbonyl (C=O) groups is 1. The molecule has 0 bridgehead atoms. The molecule has 0 aliphatic heterocycles. The Hall–Kier alpha value is -3.10. The molecule has 2 N–H and O–H groups in total. The summed E-state index contributed by atoms with van der Waals surface area (Å²) < 4.78 is 6.83. The lowest BCUT2D eigenvalue weighted by Gasteiger charge is -2.06. The second-order valence-corrected chi connectivity index (χ2v) is 8.50. The topological polar surface area (TPSA) is 79.4 Å². The number of benzene rings is 3. The lowest BCUT2D eigenvalue weighted by Crippen LogP contribution is -2.19. The zero-order chi connectivity index (χ0) is 21.5. The van der Waals surface area contributed by atoms with Gasteiger partial charge in [-0.05, 0) is 59.7 Å². The molecule has 8 heteroatoms. The maximum absolute atomic E-state index is 12.0. The van der Waals surface area contributed by atoms with E-state index in [1.54, 1.807) is 6.21 Å². The van der Waals surface area contributed by atoms with Gasteiger partial charge >= 0.3 is 0 Å². The summed E-state index contributed by atoms with van der Waals surface area (Å²) in [5, 5.41) is 4.72. The number of H-pyrrole nitrogens is 1. The molecule has 0 saturated carbocycles. The number of thioether (sulfide) groups is 1. The monoisotopic (exact) mass is 494 g/mol. The molecule has 1 amide bonds. The summed E-state index contributed by atoms with van der Waals surface area (Å²) in [5.41, 5.74) is 6.32. The molecule has 0 spiro atoms. The normalized spacial score (nSPS) is 11.1. The third-order valence-corrected chi connectivity index (χ3v) is 5.71. The first-order chi connectivity index (χ1) is 15.2. The predicted octanol–water partition coefficient (Wildman–Crippen LogP) is 5.15. The van der Waals surface area contributed by atoms with Gasteiger partial charge in [-0.15, -0.1) is 0 Å². The number of rotatable bonds is 8. The molecule has 156 valence electrons. The molecular weight excluding hydrogens is 476 g/mol. The van der Waals surface area contributed by atoms with Crippen LogP contribution < -0.4 is 10.2 Å². The van der Waals surface area contributed by atoms with Crippen LogP contribution in [0.2, 0.25) is 0 Å². The van der Waals surface area contributed by atoms with Crippen molar-refractivity contribution in [1.82, 2.24) is 15.4 Å². The van der Waals surface area contributed by atoms with E-state index in [4.69, 9.17) is 4.74 Å². The number of hydrazone groups is 1. The average Bonchev–Trinajstić information content (AvgIpc) is 3.21. The minimum absolute atomic E-state index is 0.198. The van der Waals surface area contributed by atoms with Crippen molar-refractivity contribution in [3.8, 4) is 5.75 Å². The van der Waals surface area contributed by atoms with E-state index in [2.05, 4.69) is 36.4 Å². The highest BCUT2D eigenvalue weighted by Gasteiger charge is 2.06. The average molecular weight is 495 g/mol. The summed E-state index contributed by atoms with van der Waals surface area (Å²) in [7, 11) is 0. The number of fused-ring (bicyclic) bond motifs is 1. The van der Waals surface area contributed by atoms with E-state index >= 15 is 0 Å². The van der Waals surface area contributed by atoms with Gasteiger partial charge in [-0.2, -0.15) is 5.10 Å². The van der Waals surface area contributed by atoms with Gasteiger partial charge in [0.1, 0.15) is 12.4 Å². The summed E-state index contributed by atoms with van der Waals surface area (Å²) in [6, 6.07) is 23.3. The van der Waals surface area contributed by atoms with Crippen molar-refractivity contribution < 1.29 is 9.53 Å². The molecule has 0 unspecified atom stereocenters. The van der Waals surface area contributed by atoms with Crippen LogP contribution in [0.15, 0.2) is 87.5 Å². The molecule has 1 heterocycles. The van der Waals surface area contributed by atoms with Crippen molar-refractivity contribution in [1.29, 1.82) is 0 Å². The smallest absolute Gasteiger partial charge is 0.250 e. The Morgan fingerprint density at radius 2 is 1.87 bits per heavy atom. The summed E-state index contributed by atoms with van der Waals surface area (Å²) in [4.78, 5) is 19.6. The van der Waals surface area contributed by atoms with Crippen LogP contribution in [-0.4, -0.2) is 27.8 Å². The van der Waals surface area contributed by atoms with E-state index in [0.29, 0.717) is 11.8 Å². The second kappa shape index (κ2) is 10.3. The molecule has 0 aliphatic rings. The molecule has 3 aromatic carbocycles. The number of hydrogen-bond acceptors (Lipinski definition) is 5. The highest BCUT2D eigenvalue weighted by Crippen LogP contribution is 2.19. The highest BCUT2D eigenvalue weighted by atomic mass is 79.9. The van der Waals surface area contributed by atoms with E-state index in [9.17, 15) is 4.79 Å². The van der Waals surface area contributed by atoms with Crippen LogP contribution in [-0.2, 0) is 11.4 Å². The summed E-state index contributed by atoms with van der Waals surface area (Å²) in [6.07, 6.45) is 1.60. The Balaban J connectivity index is 1.21. The van der Waals surface area contributed by atoms with Gasteiger partial charge in [-0.3, -0.25) is 4.79 Å². The fraction of sp³-hybridized carbons (Fsp3) is 0.0870. The molecule has 0 fully saturated rings. The Labute approximate surface area is 192 Å². The SMILES string of the molecule is O=C(CSc1nc2ccccc2[nH]1)N/N=C/c1ccc(OCc2ccc(Br)cc2)cc1. The number of aromatic amines is 1. The van der Waals surface area contributed by atoms with E-state index in [1.165, 1.54) is 11.8 Å². The maximum atomic E-state index is 12.0. The fourth-order valence-electron chi connectivity index (χ4n) is 2.74. The Morgan fingerprint density at radius 3 is 2.65 bits per heavy atom. The van der Waals surface area contributed by atoms with Gasteiger partial charge in [0, 0.05) is 4.47 Å². The van der Waals surface area contributed by atoms with Gasteiger partial charge in [0.05, 0.1) is 23.0 Å². The van der Waals surface area contributed by atoms with Gasteiger partial charge in [0.2, 0.25) is 0 Å². The zero-order valence-corrected chi connectivity index (χ0v) is 18.8. The van der Waals surface area contributed by atoms with Gasteiger partial charge < -0.3 is 9.72 Å². The number of imidazole rings is 1. The van der Waals surface area contributed by atoms with Crippen molar-refractivity contribution in [2.45, 2.75) is 11.8 Å². The minimum atomic E-state index is -0.198. The number of nitrogens with zero attached hydrogens (tertiary/aromatic N) is 2. The molecule has 0 atom stereocenters. The Bertz CT molecular complexity index is 1160. The molecule has 4 rings (SSSR count). The Kier molecular flexibility index (Phi) is 7.01. The van der Waals surface area contributed by atoms with Crippen molar-refractivity contribution in [2.24, 2.45) is 5.10 Å². The number of para-hydroxylation sites is 2. The summed E-state index contributed by atoms with van der Waals surface area (Å²) >= 11 is 4.76. The lowest BCUT2D eigenvalue weighted by molar-refractivity contribution is -0.118. The van der Waals surface area contributed by atoms with Crippen LogP contribution in [0.1, 0.15) is 11.1 Å². The number of halogens is 1. The van der Waals surface area contributed by atoms with Gasteiger partial charge in [-0.25, -0.2) is 10.4 Å². The molecule has 1 aromatic heterocycles. The first-order valence-corrected chi connectivity index (χ1v) is 11.3. The molecule has 0 aliphatic carbocycles. The maximum Gasteiger partial charge on any atom is 0.250 e. The fourth-order valence-corrected chi connectivity index (χ4v) is 3.68. The van der Waals surface area contributed by atoms with Crippen molar-refractivity contribution in [3.05, 3.63) is 88.4 Å². The zero-order valence-electron chi connectivity index (χ0n) is 16.4. The van der Waals surface area contributed by atoms with Crippen LogP contribution in [0.25, 0.3) is 11.0 Å². The molecule has 6 nitrogen and oxygen atoms in total. The molecule has 0 saturated heterocycles. The van der Waals surface area contributed by atoms with Crippen LogP contribution in [0, 0.1) is 0 Å². The third-order valence-electron chi connectivity index (χ3n) is 4.31. The molecule has 0 radical (unpaired) electrons. The van der Waals surface area contributed by atoms with Crippen LogP contribution in [0.3, 0.4) is 0 Å². The second-order valence-electron chi connectivity index (χ2n) is 6.63. The molecule has 4 aromatic rings. The summed E-state index contributed by atoms with van der Waals surface area (Å²) in [5.74, 6) is 0.794. The predicted molar refractivity (Wildman–Crippen MR) is 127 cm³/mol. The number of carbonyl (C=O) groups excluding carboxylic acids is 1. The highest BCUT2D eigenvalue weighted by molar-refractivity contribution is 9.10. The van der Waals surface area contributed by atoms with E-state index in [0.717, 1.165) is 32.4 Å². The van der Waals surface area contributed by atoms with Crippen molar-refractivity contribution >= 4 is 50.8 Å². The molecule has 31 heavy (non-hydrogen) atoms. The van der Waals surface area contributed by atoms with E-state index in [-0.39, 0.29) is 11.7 Å². The number of nitrogens with one attached hydrogen (secondary N) is 2. The third kappa shape index (κ3) is 6.19. The van der Waals surface area contributed by atoms with Gasteiger partial charge in [-0.1, -0.05) is 52.0 Å². The number of hydrogen-bond donors (Lipinski definition) is 2. The standard InChI is InChI=1S/C23H19BrN4O2S/c24-18-9-5-17(6-10-18)14-30-19-11-7-16(8-12-19)13-25-28-22(29)15-31-23-26-20-3-1-2-4-21(20)27-23/h1-13H,14-15H2,(H,26,27)(H,28,29)/b25-13+. The van der Waals surface area contributed by atoms with Crippen LogP contribution in [0.4, 0.5) is 0 Å².